The van der Waals surface area contributed by atoms with Gasteiger partial charge >= 0.3 is 11.5 Å². The van der Waals surface area contributed by atoms with E-state index >= 15 is 0 Å². The zero-order valence-corrected chi connectivity index (χ0v) is 21.8. The van der Waals surface area contributed by atoms with Crippen LogP contribution in [0.5, 0.6) is 0 Å². The fourth-order valence-electron chi connectivity index (χ4n) is 3.95. The van der Waals surface area contributed by atoms with Crippen LogP contribution in [-0.4, -0.2) is 47.2 Å². The van der Waals surface area contributed by atoms with Gasteiger partial charge in [0, 0.05) is 18.4 Å². The van der Waals surface area contributed by atoms with Gasteiger partial charge in [0.05, 0.1) is 10.6 Å². The monoisotopic (exact) mass is 560 g/mol. The van der Waals surface area contributed by atoms with Crippen LogP contribution < -0.4 is 10.2 Å². The second-order valence-electron chi connectivity index (χ2n) is 9.38. The molecule has 0 saturated carbocycles. The standard InChI is InChI=1S/C26H23F3N4O5S/c1-16-4-6-18(7-5-16)31-22(34)21-14-17(12-13-30-21)15-32-24(36)33(23(35)25(32,2)3)19-8-10-20(11-9-19)39(37,38)26(27,28)29/h4-14H,15H2,1-3H3,(H,31,34). The van der Waals surface area contributed by atoms with Gasteiger partial charge < -0.3 is 10.2 Å². The van der Waals surface area contributed by atoms with Gasteiger partial charge in [0.15, 0.2) is 0 Å². The largest absolute Gasteiger partial charge is 0.501 e. The predicted octanol–water partition coefficient (Wildman–Crippen LogP) is 4.68. The van der Waals surface area contributed by atoms with Crippen molar-refractivity contribution in [3.8, 4) is 0 Å². The molecule has 4 amide bonds. The maximum Gasteiger partial charge on any atom is 0.501 e. The smallest absolute Gasteiger partial charge is 0.321 e. The summed E-state index contributed by atoms with van der Waals surface area (Å²) < 4.78 is 61.9. The number of hydrogen-bond donors (Lipinski definition) is 1. The molecule has 39 heavy (non-hydrogen) atoms. The van der Waals surface area contributed by atoms with E-state index < -0.39 is 43.6 Å². The number of aromatic nitrogens is 1. The summed E-state index contributed by atoms with van der Waals surface area (Å²) >= 11 is 0. The molecule has 0 radical (unpaired) electrons. The van der Waals surface area contributed by atoms with E-state index in [-0.39, 0.29) is 17.9 Å². The summed E-state index contributed by atoms with van der Waals surface area (Å²) in [4.78, 5) is 44.3. The van der Waals surface area contributed by atoms with Gasteiger partial charge in [-0.05, 0) is 74.9 Å². The highest BCUT2D eigenvalue weighted by atomic mass is 32.2. The topological polar surface area (TPSA) is 117 Å². The molecule has 2 aromatic carbocycles. The van der Waals surface area contributed by atoms with Crippen molar-refractivity contribution in [2.45, 2.75) is 43.3 Å². The average molecular weight is 561 g/mol. The Morgan fingerprint density at radius 3 is 2.21 bits per heavy atom. The van der Waals surface area contributed by atoms with E-state index in [2.05, 4.69) is 10.3 Å². The molecule has 0 spiro atoms. The molecule has 204 valence electrons. The summed E-state index contributed by atoms with van der Waals surface area (Å²) in [6, 6.07) is 12.8. The number of pyridine rings is 1. The van der Waals surface area contributed by atoms with Crippen molar-refractivity contribution >= 4 is 39.1 Å². The van der Waals surface area contributed by atoms with E-state index in [9.17, 15) is 36.0 Å². The summed E-state index contributed by atoms with van der Waals surface area (Å²) in [5.74, 6) is -1.13. The van der Waals surface area contributed by atoms with Crippen LogP contribution in [0, 0.1) is 6.92 Å². The molecule has 1 aliphatic rings. The normalized spacial score (nSPS) is 15.5. The van der Waals surface area contributed by atoms with Crippen molar-refractivity contribution in [3.63, 3.8) is 0 Å². The number of aryl methyl sites for hydroxylation is 1. The van der Waals surface area contributed by atoms with E-state index in [1.165, 1.54) is 31.0 Å². The molecule has 4 rings (SSSR count). The first-order chi connectivity index (χ1) is 18.1. The van der Waals surface area contributed by atoms with Crippen molar-refractivity contribution in [1.29, 1.82) is 0 Å². The second kappa shape index (κ2) is 9.80. The number of imide groups is 1. The summed E-state index contributed by atoms with van der Waals surface area (Å²) in [6.45, 7) is 4.84. The lowest BCUT2D eigenvalue weighted by atomic mass is 10.0. The average Bonchev–Trinajstić information content (AvgIpc) is 3.04. The first kappa shape index (κ1) is 27.8. The maximum absolute atomic E-state index is 13.3. The molecule has 3 aromatic rings. The fraction of sp³-hybridized carbons (Fsp3) is 0.231. The van der Waals surface area contributed by atoms with E-state index in [0.717, 1.165) is 22.6 Å². The Morgan fingerprint density at radius 2 is 1.62 bits per heavy atom. The Labute approximate surface area is 222 Å². The number of hydrogen-bond acceptors (Lipinski definition) is 6. The Hall–Kier alpha value is -4.26. The maximum atomic E-state index is 13.3. The van der Waals surface area contributed by atoms with Gasteiger partial charge in [0.1, 0.15) is 11.2 Å². The predicted molar refractivity (Wildman–Crippen MR) is 136 cm³/mol. The van der Waals surface area contributed by atoms with Crippen molar-refractivity contribution in [2.75, 3.05) is 10.2 Å². The number of benzene rings is 2. The number of carbonyl (C=O) groups is 3. The molecule has 1 aromatic heterocycles. The molecule has 13 heteroatoms. The molecule has 0 bridgehead atoms. The Balaban J connectivity index is 1.55. The number of nitrogens with one attached hydrogen (secondary N) is 1. The highest BCUT2D eigenvalue weighted by Gasteiger charge is 2.52. The number of halogens is 3. The molecule has 1 aliphatic heterocycles. The summed E-state index contributed by atoms with van der Waals surface area (Å²) in [6.07, 6.45) is 1.40. The van der Waals surface area contributed by atoms with Crippen molar-refractivity contribution < 1.29 is 36.0 Å². The van der Waals surface area contributed by atoms with E-state index in [1.54, 1.807) is 18.2 Å². The highest BCUT2D eigenvalue weighted by Crippen LogP contribution is 2.35. The third-order valence-corrected chi connectivity index (χ3v) is 7.74. The number of nitrogens with zero attached hydrogens (tertiary/aromatic N) is 3. The van der Waals surface area contributed by atoms with Gasteiger partial charge in [-0.25, -0.2) is 18.1 Å². The lowest BCUT2D eigenvalue weighted by Gasteiger charge is -2.27. The molecule has 9 nitrogen and oxygen atoms in total. The third kappa shape index (κ3) is 5.21. The molecule has 1 fully saturated rings. The van der Waals surface area contributed by atoms with Crippen molar-refractivity contribution in [1.82, 2.24) is 9.88 Å². The molecular weight excluding hydrogens is 537 g/mol. The molecule has 0 atom stereocenters. The first-order valence-corrected chi connectivity index (χ1v) is 13.0. The molecular formula is C26H23F3N4O5S. The van der Waals surface area contributed by atoms with Crippen molar-refractivity contribution in [2.24, 2.45) is 0 Å². The number of amides is 4. The van der Waals surface area contributed by atoms with Crippen LogP contribution >= 0.6 is 0 Å². The van der Waals surface area contributed by atoms with Gasteiger partial charge in [0.25, 0.3) is 21.7 Å². The molecule has 0 aliphatic carbocycles. The lowest BCUT2D eigenvalue weighted by molar-refractivity contribution is -0.123. The summed E-state index contributed by atoms with van der Waals surface area (Å²) in [5, 5.41) is 2.73. The van der Waals surface area contributed by atoms with Crippen LogP contribution in [-0.2, 0) is 21.2 Å². The van der Waals surface area contributed by atoms with Gasteiger partial charge in [-0.3, -0.25) is 14.6 Å². The number of sulfone groups is 1. The molecule has 1 N–H and O–H groups in total. The zero-order valence-electron chi connectivity index (χ0n) is 21.0. The van der Waals surface area contributed by atoms with Gasteiger partial charge in [0.2, 0.25) is 0 Å². The second-order valence-corrected chi connectivity index (χ2v) is 11.3. The van der Waals surface area contributed by atoms with E-state index in [0.29, 0.717) is 23.4 Å². The minimum atomic E-state index is -5.59. The van der Waals surface area contributed by atoms with Crippen LogP contribution in [0.15, 0.2) is 71.8 Å². The van der Waals surface area contributed by atoms with Crippen LogP contribution in [0.2, 0.25) is 0 Å². The fourth-order valence-corrected chi connectivity index (χ4v) is 4.71. The Kier molecular flexibility index (Phi) is 6.98. The Morgan fingerprint density at radius 1 is 1.00 bits per heavy atom. The Bertz CT molecular complexity index is 1550. The van der Waals surface area contributed by atoms with Crippen LogP contribution in [0.1, 0.15) is 35.5 Å². The van der Waals surface area contributed by atoms with Crippen molar-refractivity contribution in [3.05, 3.63) is 83.7 Å². The summed E-state index contributed by atoms with van der Waals surface area (Å²) in [7, 11) is -5.59. The number of anilines is 2. The van der Waals surface area contributed by atoms with Crippen LogP contribution in [0.4, 0.5) is 29.3 Å². The minimum Gasteiger partial charge on any atom is -0.321 e. The van der Waals surface area contributed by atoms with Gasteiger partial charge in [-0.15, -0.1) is 0 Å². The number of rotatable bonds is 6. The number of alkyl halides is 3. The van der Waals surface area contributed by atoms with E-state index in [1.807, 2.05) is 19.1 Å². The quantitative estimate of drug-likeness (QED) is 0.438. The van der Waals surface area contributed by atoms with Crippen LogP contribution in [0.3, 0.4) is 0 Å². The molecule has 2 heterocycles. The molecule has 0 unspecified atom stereocenters. The zero-order chi connectivity index (χ0) is 28.8. The number of urea groups is 1. The molecule has 1 saturated heterocycles. The highest BCUT2D eigenvalue weighted by molar-refractivity contribution is 7.92. The minimum absolute atomic E-state index is 0.0814. The van der Waals surface area contributed by atoms with E-state index in [4.69, 9.17) is 0 Å². The van der Waals surface area contributed by atoms with Gasteiger partial charge in [-0.2, -0.15) is 13.2 Å². The van der Waals surface area contributed by atoms with Gasteiger partial charge in [-0.1, -0.05) is 17.7 Å². The number of carbonyl (C=O) groups excluding carboxylic acids is 3. The first-order valence-electron chi connectivity index (χ1n) is 11.5. The lowest BCUT2D eigenvalue weighted by Crippen LogP contribution is -2.43. The SMILES string of the molecule is Cc1ccc(NC(=O)c2cc(CN3C(=O)N(c4ccc(S(=O)(=O)C(F)(F)F)cc4)C(=O)C3(C)C)ccn2)cc1. The third-order valence-electron chi connectivity index (χ3n) is 6.24. The summed E-state index contributed by atoms with van der Waals surface area (Å²) in [5.41, 5.74) is -4.76. The van der Waals surface area contributed by atoms with Crippen LogP contribution in [0.25, 0.3) is 0 Å².